The molecule has 1 rings (SSSR count). The number of hydrogen-bond acceptors (Lipinski definition) is 4. The molecule has 19 heavy (non-hydrogen) atoms. The first-order valence-electron chi connectivity index (χ1n) is 6.26. The van der Waals surface area contributed by atoms with Crippen LogP contribution in [0, 0.1) is 12.8 Å². The van der Waals surface area contributed by atoms with Crippen molar-refractivity contribution in [2.24, 2.45) is 5.73 Å². The standard InChI is InChI=1S/C12H23N3O2.C2H2/c1-14(2)6-4-5-12(16)15-9-11(17-3)7-10(15)8-13;1-2/h4-5,10-11H,6-9,13H2,1-3H3;1-2H/b5-4+;/t10?,11-;/m0./s1. The lowest BCUT2D eigenvalue weighted by molar-refractivity contribution is -0.127. The Labute approximate surface area is 116 Å². The minimum Gasteiger partial charge on any atom is -0.380 e. The van der Waals surface area contributed by atoms with Gasteiger partial charge in [0.15, 0.2) is 0 Å². The Morgan fingerprint density at radius 3 is 2.63 bits per heavy atom. The van der Waals surface area contributed by atoms with Gasteiger partial charge in [-0.25, -0.2) is 0 Å². The summed E-state index contributed by atoms with van der Waals surface area (Å²) in [5.74, 6) is 0.0295. The van der Waals surface area contributed by atoms with Crippen molar-refractivity contribution in [3.05, 3.63) is 12.2 Å². The SMILES string of the molecule is C#C.CO[C@H]1CC(CN)N(C(=O)/C=C/CN(C)C)C1. The molecule has 1 unspecified atom stereocenters. The number of carbonyl (C=O) groups is 1. The van der Waals surface area contributed by atoms with Gasteiger partial charge in [-0.3, -0.25) is 4.79 Å². The molecular weight excluding hydrogens is 242 g/mol. The smallest absolute Gasteiger partial charge is 0.246 e. The summed E-state index contributed by atoms with van der Waals surface area (Å²) in [4.78, 5) is 15.8. The Hall–Kier alpha value is -1.35. The van der Waals surface area contributed by atoms with E-state index >= 15 is 0 Å². The predicted molar refractivity (Wildman–Crippen MR) is 77.6 cm³/mol. The molecule has 0 radical (unpaired) electrons. The molecule has 0 aromatic rings. The molecule has 5 heteroatoms. The number of amides is 1. The van der Waals surface area contributed by atoms with Crippen molar-refractivity contribution < 1.29 is 9.53 Å². The van der Waals surface area contributed by atoms with Gasteiger partial charge < -0.3 is 20.3 Å². The molecule has 0 spiro atoms. The summed E-state index contributed by atoms with van der Waals surface area (Å²) in [6, 6.07) is 0.108. The lowest BCUT2D eigenvalue weighted by Crippen LogP contribution is -2.39. The third-order valence-corrected chi connectivity index (χ3v) is 3.00. The number of ether oxygens (including phenoxy) is 1. The van der Waals surface area contributed by atoms with Gasteiger partial charge in [0.1, 0.15) is 0 Å². The minimum atomic E-state index is 0.0295. The second-order valence-corrected chi connectivity index (χ2v) is 4.64. The van der Waals surface area contributed by atoms with E-state index in [1.807, 2.05) is 25.1 Å². The van der Waals surface area contributed by atoms with E-state index in [0.717, 1.165) is 13.0 Å². The lowest BCUT2D eigenvalue weighted by Gasteiger charge is -2.21. The summed E-state index contributed by atoms with van der Waals surface area (Å²) < 4.78 is 5.28. The van der Waals surface area contributed by atoms with Crippen LogP contribution in [-0.2, 0) is 9.53 Å². The van der Waals surface area contributed by atoms with Crippen LogP contribution >= 0.6 is 0 Å². The van der Waals surface area contributed by atoms with Crippen molar-refractivity contribution in [2.75, 3.05) is 40.8 Å². The quantitative estimate of drug-likeness (QED) is 0.559. The van der Waals surface area contributed by atoms with Crippen LogP contribution < -0.4 is 5.73 Å². The van der Waals surface area contributed by atoms with Gasteiger partial charge in [-0.1, -0.05) is 6.08 Å². The van der Waals surface area contributed by atoms with Gasteiger partial charge in [-0.15, -0.1) is 12.8 Å². The van der Waals surface area contributed by atoms with Crippen LogP contribution in [0.3, 0.4) is 0 Å². The minimum absolute atomic E-state index is 0.0295. The van der Waals surface area contributed by atoms with Gasteiger partial charge in [0.2, 0.25) is 5.91 Å². The molecule has 1 saturated heterocycles. The van der Waals surface area contributed by atoms with E-state index in [1.54, 1.807) is 18.1 Å². The van der Waals surface area contributed by atoms with Crippen LogP contribution in [0.4, 0.5) is 0 Å². The van der Waals surface area contributed by atoms with Gasteiger partial charge in [0.25, 0.3) is 0 Å². The van der Waals surface area contributed by atoms with Crippen molar-refractivity contribution in [1.29, 1.82) is 0 Å². The molecule has 1 aliphatic heterocycles. The molecule has 0 aliphatic carbocycles. The van der Waals surface area contributed by atoms with Crippen molar-refractivity contribution in [3.8, 4) is 12.8 Å². The molecule has 0 bridgehead atoms. The molecule has 0 aromatic carbocycles. The van der Waals surface area contributed by atoms with Gasteiger partial charge in [-0.2, -0.15) is 0 Å². The highest BCUT2D eigenvalue weighted by Crippen LogP contribution is 2.19. The summed E-state index contributed by atoms with van der Waals surface area (Å²) in [6.45, 7) is 1.90. The Bertz CT molecular complexity index is 313. The van der Waals surface area contributed by atoms with Gasteiger partial charge in [-0.05, 0) is 20.5 Å². The van der Waals surface area contributed by atoms with Crippen LogP contribution in [0.2, 0.25) is 0 Å². The summed E-state index contributed by atoms with van der Waals surface area (Å²) in [7, 11) is 5.61. The Morgan fingerprint density at radius 1 is 1.53 bits per heavy atom. The molecule has 108 valence electrons. The normalized spacial score (nSPS) is 22.6. The van der Waals surface area contributed by atoms with E-state index in [9.17, 15) is 4.79 Å². The highest BCUT2D eigenvalue weighted by Gasteiger charge is 2.33. The van der Waals surface area contributed by atoms with Gasteiger partial charge >= 0.3 is 0 Å². The van der Waals surface area contributed by atoms with Crippen molar-refractivity contribution in [3.63, 3.8) is 0 Å². The first-order valence-corrected chi connectivity index (χ1v) is 6.26. The molecule has 0 saturated carbocycles. The molecule has 1 aliphatic rings. The Balaban J connectivity index is 0.00000154. The number of nitrogens with zero attached hydrogens (tertiary/aromatic N) is 2. The fourth-order valence-corrected chi connectivity index (χ4v) is 2.00. The maximum atomic E-state index is 12.0. The Kier molecular flexibility index (Phi) is 8.88. The molecule has 1 fully saturated rings. The number of likely N-dealkylation sites (N-methyl/N-ethyl adjacent to an activating group) is 1. The van der Waals surface area contributed by atoms with Crippen LogP contribution in [0.25, 0.3) is 0 Å². The maximum Gasteiger partial charge on any atom is 0.246 e. The number of nitrogens with two attached hydrogens (primary N) is 1. The van der Waals surface area contributed by atoms with Gasteiger partial charge in [0, 0.05) is 38.9 Å². The van der Waals surface area contributed by atoms with Crippen molar-refractivity contribution >= 4 is 5.91 Å². The van der Waals surface area contributed by atoms with Crippen molar-refractivity contribution in [1.82, 2.24) is 9.80 Å². The zero-order chi connectivity index (χ0) is 14.8. The summed E-state index contributed by atoms with van der Waals surface area (Å²) in [5.41, 5.74) is 5.67. The zero-order valence-corrected chi connectivity index (χ0v) is 12.1. The van der Waals surface area contributed by atoms with Crippen LogP contribution in [0.1, 0.15) is 6.42 Å². The number of terminal acetylenes is 1. The van der Waals surface area contributed by atoms with E-state index in [2.05, 4.69) is 12.8 Å². The third-order valence-electron chi connectivity index (χ3n) is 3.00. The van der Waals surface area contributed by atoms with E-state index in [4.69, 9.17) is 10.5 Å². The van der Waals surface area contributed by atoms with E-state index in [1.165, 1.54) is 0 Å². The first-order chi connectivity index (χ1) is 9.08. The highest BCUT2D eigenvalue weighted by atomic mass is 16.5. The van der Waals surface area contributed by atoms with Gasteiger partial charge in [0.05, 0.1) is 6.10 Å². The number of methoxy groups -OCH3 is 1. The summed E-state index contributed by atoms with van der Waals surface area (Å²) >= 11 is 0. The molecule has 1 amide bonds. The maximum absolute atomic E-state index is 12.0. The number of carbonyl (C=O) groups excluding carboxylic acids is 1. The Morgan fingerprint density at radius 2 is 2.16 bits per heavy atom. The first kappa shape index (κ1) is 17.6. The number of hydrogen-bond donors (Lipinski definition) is 1. The molecule has 2 atom stereocenters. The molecule has 2 N–H and O–H groups in total. The number of rotatable bonds is 5. The van der Waals surface area contributed by atoms with Crippen LogP contribution in [0.5, 0.6) is 0 Å². The van der Waals surface area contributed by atoms with E-state index in [-0.39, 0.29) is 18.1 Å². The zero-order valence-electron chi connectivity index (χ0n) is 12.1. The molecule has 1 heterocycles. The van der Waals surface area contributed by atoms with Crippen LogP contribution in [-0.4, -0.2) is 68.7 Å². The largest absolute Gasteiger partial charge is 0.380 e. The monoisotopic (exact) mass is 267 g/mol. The third kappa shape index (κ3) is 5.88. The summed E-state index contributed by atoms with van der Waals surface area (Å²) in [6.07, 6.45) is 12.5. The fourth-order valence-electron chi connectivity index (χ4n) is 2.00. The predicted octanol–water partition coefficient (Wildman–Crippen LogP) is -0.0718. The highest BCUT2D eigenvalue weighted by molar-refractivity contribution is 5.88. The topological polar surface area (TPSA) is 58.8 Å². The molecule has 5 nitrogen and oxygen atoms in total. The number of likely N-dealkylation sites (tertiary alicyclic amines) is 1. The summed E-state index contributed by atoms with van der Waals surface area (Å²) in [5, 5.41) is 0. The lowest BCUT2D eigenvalue weighted by atomic mass is 10.2. The fraction of sp³-hybridized carbons (Fsp3) is 0.643. The average molecular weight is 267 g/mol. The molecule has 0 aromatic heterocycles. The van der Waals surface area contributed by atoms with Crippen molar-refractivity contribution in [2.45, 2.75) is 18.6 Å². The second-order valence-electron chi connectivity index (χ2n) is 4.64. The average Bonchev–Trinajstić information content (AvgIpc) is 2.84. The van der Waals surface area contributed by atoms with E-state index < -0.39 is 0 Å². The second kappa shape index (κ2) is 9.56. The molecular formula is C14H25N3O2. The van der Waals surface area contributed by atoms with Crippen LogP contribution in [0.15, 0.2) is 12.2 Å². The van der Waals surface area contributed by atoms with E-state index in [0.29, 0.717) is 13.1 Å².